The number of amides is 2. The highest BCUT2D eigenvalue weighted by atomic mass is 79.9. The molecular formula is C23H24Br4N4O9. The molecule has 2 spiro atoms. The van der Waals surface area contributed by atoms with Crippen LogP contribution in [0.25, 0.3) is 0 Å². The third kappa shape index (κ3) is 6.15. The van der Waals surface area contributed by atoms with Crippen LogP contribution in [0.1, 0.15) is 25.7 Å². The Balaban J connectivity index is 1.17. The van der Waals surface area contributed by atoms with Crippen molar-refractivity contribution in [2.45, 2.75) is 64.9 Å². The van der Waals surface area contributed by atoms with Gasteiger partial charge in [0.1, 0.15) is 33.3 Å². The van der Waals surface area contributed by atoms with Crippen molar-refractivity contribution in [1.82, 2.24) is 10.6 Å². The molecule has 1 unspecified atom stereocenters. The molecule has 7 atom stereocenters. The van der Waals surface area contributed by atoms with E-state index in [1.54, 1.807) is 0 Å². The van der Waals surface area contributed by atoms with Crippen LogP contribution < -0.4 is 10.6 Å². The number of aliphatic hydroxyl groups is 3. The molecule has 17 heteroatoms. The molecule has 2 amide bonds. The molecule has 218 valence electrons. The van der Waals surface area contributed by atoms with Gasteiger partial charge in [0.05, 0.1) is 15.1 Å². The Labute approximate surface area is 261 Å². The first-order chi connectivity index (χ1) is 18.8. The van der Waals surface area contributed by atoms with E-state index in [1.807, 2.05) is 0 Å². The van der Waals surface area contributed by atoms with Crippen LogP contribution in [0.3, 0.4) is 0 Å². The number of aliphatic hydroxyl groups excluding tert-OH is 3. The molecule has 0 aromatic carbocycles. The third-order valence-corrected chi connectivity index (χ3v) is 9.90. The second kappa shape index (κ2) is 12.4. The highest BCUT2D eigenvalue weighted by Crippen LogP contribution is 2.41. The maximum atomic E-state index is 12.5. The second-order valence-corrected chi connectivity index (χ2v) is 13.4. The van der Waals surface area contributed by atoms with Gasteiger partial charge in [-0.25, -0.2) is 0 Å². The molecular weight excluding hydrogens is 796 g/mol. The number of oxime groups is 2. The number of alkyl halides is 2. The van der Waals surface area contributed by atoms with Gasteiger partial charge in [0.2, 0.25) is 0 Å². The standard InChI is InChI=1S/C23H24Br4N4O9/c24-10-4-22(18(35)14(26)16(10)33)6-12(30-39-22)20(37)28-3-1-2-9(32)8-29-21(38)13-7-23(40-31-13)5-11(25)17(34)15(27)19(23)36/h4-5,9,14-15,18-19,32,35-36H,1-3,6-8H2,(H,28,37)(H,29,38)/t9?,14-,15-,18-,19-,22+,23+/m0/s1. The van der Waals surface area contributed by atoms with E-state index in [4.69, 9.17) is 9.68 Å². The molecule has 2 heterocycles. The molecule has 0 radical (unpaired) electrons. The maximum absolute atomic E-state index is 12.5. The molecule has 0 bridgehead atoms. The molecule has 2 aliphatic carbocycles. The van der Waals surface area contributed by atoms with Gasteiger partial charge in [0.25, 0.3) is 11.8 Å². The molecule has 40 heavy (non-hydrogen) atoms. The monoisotopic (exact) mass is 816 g/mol. The average molecular weight is 820 g/mol. The van der Waals surface area contributed by atoms with E-state index in [1.165, 1.54) is 12.2 Å². The van der Waals surface area contributed by atoms with Crippen molar-refractivity contribution in [3.63, 3.8) is 0 Å². The molecule has 5 N–H and O–H groups in total. The lowest BCUT2D eigenvalue weighted by atomic mass is 9.83. The minimum absolute atomic E-state index is 0.00185. The van der Waals surface area contributed by atoms with E-state index in [0.29, 0.717) is 6.42 Å². The predicted molar refractivity (Wildman–Crippen MR) is 154 cm³/mol. The lowest BCUT2D eigenvalue weighted by Gasteiger charge is -2.34. The van der Waals surface area contributed by atoms with Gasteiger partial charge in [-0.2, -0.15) is 0 Å². The van der Waals surface area contributed by atoms with Crippen LogP contribution in [-0.2, 0) is 28.9 Å². The lowest BCUT2D eigenvalue weighted by Crippen LogP contribution is -2.52. The number of ketones is 2. The van der Waals surface area contributed by atoms with Crippen LogP contribution in [0.4, 0.5) is 0 Å². The third-order valence-electron chi connectivity index (χ3n) is 6.83. The topological polar surface area (TPSA) is 196 Å². The number of hydrogen-bond donors (Lipinski definition) is 5. The molecule has 4 aliphatic rings. The Morgan fingerprint density at radius 3 is 1.85 bits per heavy atom. The maximum Gasteiger partial charge on any atom is 0.269 e. The quantitative estimate of drug-likeness (QED) is 0.170. The largest absolute Gasteiger partial charge is 0.391 e. The van der Waals surface area contributed by atoms with Gasteiger partial charge in [0.15, 0.2) is 22.8 Å². The van der Waals surface area contributed by atoms with Gasteiger partial charge in [-0.3, -0.25) is 19.2 Å². The Hall–Kier alpha value is -1.50. The van der Waals surface area contributed by atoms with Crippen molar-refractivity contribution in [3.05, 3.63) is 21.1 Å². The summed E-state index contributed by atoms with van der Waals surface area (Å²) in [6, 6.07) is 0. The summed E-state index contributed by atoms with van der Waals surface area (Å²) in [4.78, 5) is 57.9. The first-order valence-corrected chi connectivity index (χ1v) is 15.5. The molecule has 13 nitrogen and oxygen atoms in total. The number of hydrogen-bond acceptors (Lipinski definition) is 11. The molecule has 4 rings (SSSR count). The van der Waals surface area contributed by atoms with E-state index in [9.17, 15) is 34.5 Å². The van der Waals surface area contributed by atoms with Gasteiger partial charge >= 0.3 is 0 Å². The lowest BCUT2D eigenvalue weighted by molar-refractivity contribution is -0.125. The summed E-state index contributed by atoms with van der Waals surface area (Å²) in [7, 11) is 0. The molecule has 0 fully saturated rings. The smallest absolute Gasteiger partial charge is 0.269 e. The summed E-state index contributed by atoms with van der Waals surface area (Å²) in [6.45, 7) is 0.112. The summed E-state index contributed by atoms with van der Waals surface area (Å²) < 4.78 is 0.414. The molecule has 0 aromatic rings. The van der Waals surface area contributed by atoms with E-state index < -0.39 is 51.0 Å². The Morgan fingerprint density at radius 2 is 1.38 bits per heavy atom. The number of nitrogens with one attached hydrogen (secondary N) is 2. The van der Waals surface area contributed by atoms with E-state index >= 15 is 0 Å². The summed E-state index contributed by atoms with van der Waals surface area (Å²) in [6.07, 6.45) is -0.106. The SMILES string of the molecule is O=C(NCCCC(O)CNC(=O)C1=NO[C@]2(C=C(Br)C(=O)[C@H](Br)[C@@H]2O)C1)C1=NO[C@]2(C=C(Br)C(=O)[C@H](Br)[C@@H]2O)C1. The Morgan fingerprint density at radius 1 is 0.925 bits per heavy atom. The number of halogens is 4. The number of allylic oxidation sites excluding steroid dienone is 2. The Kier molecular flexibility index (Phi) is 9.74. The van der Waals surface area contributed by atoms with E-state index in [0.717, 1.165) is 0 Å². The van der Waals surface area contributed by atoms with Crippen molar-refractivity contribution < 1.29 is 44.2 Å². The first-order valence-electron chi connectivity index (χ1n) is 12.0. The second-order valence-electron chi connectivity index (χ2n) is 9.69. The first kappa shape index (κ1) is 31.4. The van der Waals surface area contributed by atoms with Crippen molar-refractivity contribution in [2.75, 3.05) is 13.1 Å². The summed E-state index contributed by atoms with van der Waals surface area (Å²) in [5.41, 5.74) is -2.66. The predicted octanol–water partition coefficient (Wildman–Crippen LogP) is 0.362. The Bertz CT molecular complexity index is 1240. The normalized spacial score (nSPS) is 34.0. The zero-order chi connectivity index (χ0) is 29.4. The highest BCUT2D eigenvalue weighted by molar-refractivity contribution is 9.12. The molecule has 2 aliphatic heterocycles. The molecule has 0 saturated carbocycles. The number of carbonyl (C=O) groups excluding carboxylic acids is 4. The van der Waals surface area contributed by atoms with Crippen molar-refractivity contribution in [3.8, 4) is 0 Å². The van der Waals surface area contributed by atoms with Gasteiger partial charge in [-0.1, -0.05) is 42.2 Å². The van der Waals surface area contributed by atoms with Gasteiger partial charge in [0, 0.05) is 25.9 Å². The van der Waals surface area contributed by atoms with Crippen LogP contribution >= 0.6 is 63.7 Å². The summed E-state index contributed by atoms with van der Waals surface area (Å²) >= 11 is 12.6. The van der Waals surface area contributed by atoms with Crippen LogP contribution in [0.15, 0.2) is 31.4 Å². The zero-order valence-corrected chi connectivity index (χ0v) is 26.8. The number of nitrogens with zero attached hydrogens (tertiary/aromatic N) is 2. The van der Waals surface area contributed by atoms with Crippen LogP contribution in [0.2, 0.25) is 0 Å². The van der Waals surface area contributed by atoms with Crippen molar-refractivity contribution in [2.24, 2.45) is 10.3 Å². The highest BCUT2D eigenvalue weighted by Gasteiger charge is 2.54. The van der Waals surface area contributed by atoms with E-state index in [2.05, 4.69) is 84.7 Å². The van der Waals surface area contributed by atoms with Gasteiger partial charge < -0.3 is 35.6 Å². The van der Waals surface area contributed by atoms with Crippen molar-refractivity contribution in [1.29, 1.82) is 0 Å². The minimum atomic E-state index is -1.37. The van der Waals surface area contributed by atoms with Gasteiger partial charge in [-0.15, -0.1) is 0 Å². The minimum Gasteiger partial charge on any atom is -0.391 e. The zero-order valence-electron chi connectivity index (χ0n) is 20.5. The fraction of sp³-hybridized carbons (Fsp3) is 0.565. The summed E-state index contributed by atoms with van der Waals surface area (Å²) in [5.74, 6) is -1.80. The molecule has 0 aromatic heterocycles. The number of carbonyl (C=O) groups is 4. The fourth-order valence-corrected chi connectivity index (χ4v) is 7.76. The number of rotatable bonds is 8. The molecule has 0 saturated heterocycles. The van der Waals surface area contributed by atoms with Crippen LogP contribution in [0, 0.1) is 0 Å². The van der Waals surface area contributed by atoms with Crippen LogP contribution in [0.5, 0.6) is 0 Å². The number of Topliss-reactive ketones (excluding diaryl/α,β-unsaturated/α-hetero) is 2. The summed E-state index contributed by atoms with van der Waals surface area (Å²) in [5, 5.41) is 44.0. The fourth-order valence-electron chi connectivity index (χ4n) is 4.49. The van der Waals surface area contributed by atoms with Gasteiger partial charge in [-0.05, 0) is 56.9 Å². The van der Waals surface area contributed by atoms with E-state index in [-0.39, 0.29) is 64.3 Å². The van der Waals surface area contributed by atoms with Crippen molar-refractivity contribution >= 4 is 98.5 Å². The van der Waals surface area contributed by atoms with Crippen LogP contribution in [-0.4, -0.2) is 102 Å². The average Bonchev–Trinajstić information content (AvgIpc) is 3.56.